The Morgan fingerprint density at radius 1 is 1.00 bits per heavy atom. The second-order valence-corrected chi connectivity index (χ2v) is 7.91. The van der Waals surface area contributed by atoms with Gasteiger partial charge < -0.3 is 38.3 Å². The van der Waals surface area contributed by atoms with Crippen LogP contribution in [0.5, 0.6) is 34.5 Å². The van der Waals surface area contributed by atoms with Crippen LogP contribution in [0, 0.1) is 11.8 Å². The summed E-state index contributed by atoms with van der Waals surface area (Å²) in [7, 11) is 4.39. The Bertz CT molecular complexity index is 1060. The third-order valence-corrected chi connectivity index (χ3v) is 6.03. The van der Waals surface area contributed by atoms with Gasteiger partial charge in [0.15, 0.2) is 23.0 Å². The van der Waals surface area contributed by atoms with Crippen LogP contribution in [-0.2, 0) is 19.1 Å². The Labute approximate surface area is 196 Å². The third-order valence-electron chi connectivity index (χ3n) is 6.03. The molecule has 0 radical (unpaired) electrons. The molecular formula is C24H26O10. The van der Waals surface area contributed by atoms with E-state index in [1.807, 2.05) is 6.07 Å². The number of phenolic OH excluding ortho intramolecular Hbond substituents is 1. The Hall–Kier alpha value is -3.82. The number of carbonyl (C=O) groups is 2. The molecule has 4 rings (SSSR count). The number of fused-ring (bicyclic) bond motifs is 1. The minimum absolute atomic E-state index is 0.0563. The van der Waals surface area contributed by atoms with E-state index in [0.717, 1.165) is 5.56 Å². The highest BCUT2D eigenvalue weighted by Gasteiger charge is 2.44. The molecule has 2 heterocycles. The predicted molar refractivity (Wildman–Crippen MR) is 117 cm³/mol. The molecule has 3 atom stereocenters. The van der Waals surface area contributed by atoms with Crippen molar-refractivity contribution in [2.24, 2.45) is 11.8 Å². The zero-order valence-corrected chi connectivity index (χ0v) is 19.3. The van der Waals surface area contributed by atoms with E-state index in [1.54, 1.807) is 18.2 Å². The Morgan fingerprint density at radius 2 is 1.62 bits per heavy atom. The van der Waals surface area contributed by atoms with E-state index < -0.39 is 29.7 Å². The average Bonchev–Trinajstić information content (AvgIpc) is 3.44. The normalized spacial score (nSPS) is 19.4. The molecule has 1 unspecified atom stereocenters. The van der Waals surface area contributed by atoms with Crippen LogP contribution >= 0.6 is 0 Å². The van der Waals surface area contributed by atoms with E-state index in [0.29, 0.717) is 22.8 Å². The first-order valence-electron chi connectivity index (χ1n) is 10.6. The van der Waals surface area contributed by atoms with Crippen LogP contribution in [0.2, 0.25) is 0 Å². The fraction of sp³-hybridized carbons (Fsp3) is 0.417. The molecule has 1 saturated heterocycles. The molecule has 2 aliphatic rings. The number of aromatic hydroxyl groups is 1. The Balaban J connectivity index is 1.88. The highest BCUT2D eigenvalue weighted by atomic mass is 16.7. The molecule has 0 aromatic heterocycles. The number of cyclic esters (lactones) is 1. The van der Waals surface area contributed by atoms with Crippen molar-refractivity contribution in [1.29, 1.82) is 0 Å². The fourth-order valence-electron chi connectivity index (χ4n) is 4.41. The first-order valence-corrected chi connectivity index (χ1v) is 10.6. The topological polar surface area (TPSA) is 119 Å². The van der Waals surface area contributed by atoms with Crippen LogP contribution in [0.25, 0.3) is 0 Å². The first kappa shape index (κ1) is 23.3. The van der Waals surface area contributed by atoms with Gasteiger partial charge in [-0.25, -0.2) is 0 Å². The molecule has 2 aromatic rings. The summed E-state index contributed by atoms with van der Waals surface area (Å²) in [6.07, 6.45) is 0. The van der Waals surface area contributed by atoms with Gasteiger partial charge in [-0.3, -0.25) is 9.59 Å². The molecule has 0 saturated carbocycles. The van der Waals surface area contributed by atoms with Crippen molar-refractivity contribution < 1.29 is 47.9 Å². The standard InChI is InChI=1S/C24H26O10/c1-12(25)31-10-16-15(9-32-24(16)27)21(13-5-17(28-2)22(26)18(6-13)29-3)14-7-19(30-4)23-20(8-14)33-11-34-23/h5-8,15-16,21,26H,9-11H2,1-4H3/t15-,16-,21?/m1/s1. The SMILES string of the molecule is COc1cc(C(c2cc(OC)c3c(c2)OCO3)[C@@H]2COC(=O)[C@@H]2COC(C)=O)cc(OC)c1O. The zero-order valence-electron chi connectivity index (χ0n) is 19.3. The van der Waals surface area contributed by atoms with Gasteiger partial charge in [-0.15, -0.1) is 0 Å². The van der Waals surface area contributed by atoms with Gasteiger partial charge in [0, 0.05) is 18.8 Å². The van der Waals surface area contributed by atoms with Crippen LogP contribution in [0.3, 0.4) is 0 Å². The number of hydrogen-bond donors (Lipinski definition) is 1. The van der Waals surface area contributed by atoms with Crippen LogP contribution in [0.15, 0.2) is 24.3 Å². The number of benzene rings is 2. The van der Waals surface area contributed by atoms with Crippen molar-refractivity contribution >= 4 is 11.9 Å². The molecule has 2 aliphatic heterocycles. The first-order chi connectivity index (χ1) is 16.4. The van der Waals surface area contributed by atoms with Crippen LogP contribution < -0.4 is 23.7 Å². The highest BCUT2D eigenvalue weighted by Crippen LogP contribution is 2.50. The van der Waals surface area contributed by atoms with Crippen LogP contribution in [0.4, 0.5) is 0 Å². The van der Waals surface area contributed by atoms with Crippen molar-refractivity contribution in [3.05, 3.63) is 35.4 Å². The van der Waals surface area contributed by atoms with Gasteiger partial charge in [-0.05, 0) is 35.4 Å². The molecule has 0 bridgehead atoms. The number of phenols is 1. The number of esters is 2. The Kier molecular flexibility index (Phi) is 6.58. The summed E-state index contributed by atoms with van der Waals surface area (Å²) < 4.78 is 37.9. The van der Waals surface area contributed by atoms with E-state index in [4.69, 9.17) is 33.2 Å². The van der Waals surface area contributed by atoms with Gasteiger partial charge in [0.1, 0.15) is 6.61 Å². The molecule has 34 heavy (non-hydrogen) atoms. The van der Waals surface area contributed by atoms with E-state index in [9.17, 15) is 14.7 Å². The largest absolute Gasteiger partial charge is 0.502 e. The molecule has 2 aromatic carbocycles. The minimum atomic E-state index is -0.712. The summed E-state index contributed by atoms with van der Waals surface area (Å²) in [6, 6.07) is 6.96. The number of methoxy groups -OCH3 is 3. The number of carbonyl (C=O) groups excluding carboxylic acids is 2. The van der Waals surface area contributed by atoms with E-state index in [2.05, 4.69) is 0 Å². The van der Waals surface area contributed by atoms with Crippen molar-refractivity contribution in [2.75, 3.05) is 41.3 Å². The molecule has 182 valence electrons. The van der Waals surface area contributed by atoms with Crippen molar-refractivity contribution in [2.45, 2.75) is 12.8 Å². The maximum absolute atomic E-state index is 12.6. The average molecular weight is 474 g/mol. The predicted octanol–water partition coefficient (Wildman–Crippen LogP) is 2.63. The van der Waals surface area contributed by atoms with Gasteiger partial charge in [0.25, 0.3) is 0 Å². The van der Waals surface area contributed by atoms with Gasteiger partial charge in [0.2, 0.25) is 18.3 Å². The van der Waals surface area contributed by atoms with Crippen molar-refractivity contribution in [1.82, 2.24) is 0 Å². The summed E-state index contributed by atoms with van der Waals surface area (Å²) >= 11 is 0. The quantitative estimate of drug-likeness (QED) is 0.572. The van der Waals surface area contributed by atoms with Gasteiger partial charge >= 0.3 is 11.9 Å². The molecule has 1 N–H and O–H groups in total. The summed E-state index contributed by atoms with van der Waals surface area (Å²) in [6.45, 7) is 1.31. The highest BCUT2D eigenvalue weighted by molar-refractivity contribution is 5.76. The minimum Gasteiger partial charge on any atom is -0.502 e. The molecule has 1 fully saturated rings. The molecule has 0 aliphatic carbocycles. The van der Waals surface area contributed by atoms with Crippen molar-refractivity contribution in [3.8, 4) is 34.5 Å². The van der Waals surface area contributed by atoms with Crippen LogP contribution in [-0.4, -0.2) is 58.4 Å². The fourth-order valence-corrected chi connectivity index (χ4v) is 4.41. The summed E-state index contributed by atoms with van der Waals surface area (Å²) in [4.78, 5) is 24.1. The lowest BCUT2D eigenvalue weighted by molar-refractivity contribution is -0.148. The molecule has 10 heteroatoms. The molecular weight excluding hydrogens is 448 g/mol. The monoisotopic (exact) mass is 474 g/mol. The third kappa shape index (κ3) is 4.23. The van der Waals surface area contributed by atoms with E-state index >= 15 is 0 Å². The lowest BCUT2D eigenvalue weighted by Crippen LogP contribution is -2.28. The molecule has 10 nitrogen and oxygen atoms in total. The lowest BCUT2D eigenvalue weighted by Gasteiger charge is -2.28. The van der Waals surface area contributed by atoms with Gasteiger partial charge in [0.05, 0.1) is 33.9 Å². The van der Waals surface area contributed by atoms with Gasteiger partial charge in [-0.2, -0.15) is 0 Å². The number of ether oxygens (including phenoxy) is 7. The van der Waals surface area contributed by atoms with E-state index in [-0.39, 0.29) is 37.3 Å². The maximum atomic E-state index is 12.6. The molecule has 0 spiro atoms. The summed E-state index contributed by atoms with van der Waals surface area (Å²) in [5, 5.41) is 10.4. The van der Waals surface area contributed by atoms with Crippen molar-refractivity contribution in [3.63, 3.8) is 0 Å². The Morgan fingerprint density at radius 3 is 2.24 bits per heavy atom. The van der Waals surface area contributed by atoms with Gasteiger partial charge in [-0.1, -0.05) is 0 Å². The number of hydrogen-bond acceptors (Lipinski definition) is 10. The molecule has 0 amide bonds. The zero-order chi connectivity index (χ0) is 24.4. The maximum Gasteiger partial charge on any atom is 0.312 e. The summed E-state index contributed by atoms with van der Waals surface area (Å²) in [5.41, 5.74) is 1.43. The van der Waals surface area contributed by atoms with Crippen LogP contribution in [0.1, 0.15) is 24.0 Å². The second-order valence-electron chi connectivity index (χ2n) is 7.91. The smallest absolute Gasteiger partial charge is 0.312 e. The van der Waals surface area contributed by atoms with E-state index in [1.165, 1.54) is 28.3 Å². The second kappa shape index (κ2) is 9.58. The lowest BCUT2D eigenvalue weighted by atomic mass is 9.75. The number of rotatable bonds is 8. The summed E-state index contributed by atoms with van der Waals surface area (Å²) in [5.74, 6) is -0.844.